The lowest BCUT2D eigenvalue weighted by molar-refractivity contribution is -0.385. The van der Waals surface area contributed by atoms with E-state index in [0.717, 1.165) is 0 Å². The fourth-order valence-electron chi connectivity index (χ4n) is 1.79. The summed E-state index contributed by atoms with van der Waals surface area (Å²) in [6, 6.07) is 1.29. The number of hydrogen-bond donors (Lipinski definition) is 1. The molecule has 0 amide bonds. The van der Waals surface area contributed by atoms with E-state index < -0.39 is 28.1 Å². The molecule has 0 saturated heterocycles. The molecule has 0 aliphatic carbocycles. The van der Waals surface area contributed by atoms with E-state index >= 15 is 0 Å². The summed E-state index contributed by atoms with van der Waals surface area (Å²) in [7, 11) is 1.48. The van der Waals surface area contributed by atoms with E-state index in [2.05, 4.69) is 15.3 Å². The molecule has 0 bridgehead atoms. The first-order valence-electron chi connectivity index (χ1n) is 5.70. The number of nitro groups is 1. The van der Waals surface area contributed by atoms with E-state index in [1.165, 1.54) is 14.0 Å². The van der Waals surface area contributed by atoms with E-state index in [1.807, 2.05) is 0 Å². The number of rotatable bonds is 3. The molecule has 9 heteroatoms. The monoisotopic (exact) mass is 298 g/mol. The van der Waals surface area contributed by atoms with Crippen molar-refractivity contribution in [2.75, 3.05) is 12.4 Å². The zero-order valence-electron chi connectivity index (χ0n) is 10.9. The topological polar surface area (TPSA) is 81.0 Å². The SMILES string of the molecule is CNc1nc(C)c([N+](=O)[O-])c(-c2cc(F)c(F)c(F)c2)n1. The number of hydrogen-bond acceptors (Lipinski definition) is 5. The molecule has 110 valence electrons. The van der Waals surface area contributed by atoms with Gasteiger partial charge < -0.3 is 5.32 Å². The number of nitrogens with zero attached hydrogens (tertiary/aromatic N) is 3. The maximum absolute atomic E-state index is 13.3. The number of anilines is 1. The van der Waals surface area contributed by atoms with Crippen molar-refractivity contribution in [2.45, 2.75) is 6.92 Å². The summed E-state index contributed by atoms with van der Waals surface area (Å²) >= 11 is 0. The molecule has 0 unspecified atom stereocenters. The van der Waals surface area contributed by atoms with E-state index in [-0.39, 0.29) is 22.9 Å². The Morgan fingerprint density at radius 3 is 2.24 bits per heavy atom. The fourth-order valence-corrected chi connectivity index (χ4v) is 1.79. The van der Waals surface area contributed by atoms with Crippen molar-refractivity contribution in [3.05, 3.63) is 45.4 Å². The van der Waals surface area contributed by atoms with Gasteiger partial charge in [0.2, 0.25) is 5.95 Å². The van der Waals surface area contributed by atoms with Gasteiger partial charge in [0.1, 0.15) is 5.69 Å². The Morgan fingerprint density at radius 1 is 1.19 bits per heavy atom. The van der Waals surface area contributed by atoms with Gasteiger partial charge in [-0.05, 0) is 19.1 Å². The van der Waals surface area contributed by atoms with Gasteiger partial charge in [-0.2, -0.15) is 0 Å². The van der Waals surface area contributed by atoms with Gasteiger partial charge in [-0.3, -0.25) is 10.1 Å². The highest BCUT2D eigenvalue weighted by Crippen LogP contribution is 2.32. The van der Waals surface area contributed by atoms with Crippen LogP contribution in [0.3, 0.4) is 0 Å². The van der Waals surface area contributed by atoms with Crippen LogP contribution in [-0.4, -0.2) is 21.9 Å². The molecule has 1 aromatic heterocycles. The van der Waals surface area contributed by atoms with Crippen LogP contribution in [0.25, 0.3) is 11.3 Å². The molecule has 1 aromatic carbocycles. The van der Waals surface area contributed by atoms with Crippen molar-refractivity contribution in [1.29, 1.82) is 0 Å². The van der Waals surface area contributed by atoms with Gasteiger partial charge >= 0.3 is 5.69 Å². The van der Waals surface area contributed by atoms with Gasteiger partial charge in [0.05, 0.1) is 4.92 Å². The summed E-state index contributed by atoms with van der Waals surface area (Å²) in [6.45, 7) is 1.36. The Morgan fingerprint density at radius 2 is 1.76 bits per heavy atom. The quantitative estimate of drug-likeness (QED) is 0.535. The van der Waals surface area contributed by atoms with Crippen LogP contribution in [0.1, 0.15) is 5.69 Å². The fraction of sp³-hybridized carbons (Fsp3) is 0.167. The molecule has 0 aliphatic heterocycles. The van der Waals surface area contributed by atoms with Crippen LogP contribution >= 0.6 is 0 Å². The molecule has 0 fully saturated rings. The predicted molar refractivity (Wildman–Crippen MR) is 68.3 cm³/mol. The Hall–Kier alpha value is -2.71. The average Bonchev–Trinajstić information content (AvgIpc) is 2.42. The van der Waals surface area contributed by atoms with E-state index in [9.17, 15) is 23.3 Å². The lowest BCUT2D eigenvalue weighted by Gasteiger charge is -2.08. The molecular formula is C12H9F3N4O2. The number of aryl methyl sites for hydroxylation is 1. The summed E-state index contributed by atoms with van der Waals surface area (Å²) in [5, 5.41) is 13.7. The van der Waals surface area contributed by atoms with Crippen LogP contribution in [0.2, 0.25) is 0 Å². The smallest absolute Gasteiger partial charge is 0.316 e. The minimum Gasteiger partial charge on any atom is -0.357 e. The van der Waals surface area contributed by atoms with E-state index in [1.54, 1.807) is 0 Å². The summed E-state index contributed by atoms with van der Waals surface area (Å²) in [4.78, 5) is 18.0. The number of halogens is 3. The number of aromatic nitrogens is 2. The largest absolute Gasteiger partial charge is 0.357 e. The Bertz CT molecular complexity index is 714. The zero-order valence-corrected chi connectivity index (χ0v) is 10.9. The van der Waals surface area contributed by atoms with Crippen molar-refractivity contribution in [3.8, 4) is 11.3 Å². The first kappa shape index (κ1) is 14.7. The van der Waals surface area contributed by atoms with Gasteiger partial charge in [-0.25, -0.2) is 23.1 Å². The summed E-state index contributed by atoms with van der Waals surface area (Å²) in [5.41, 5.74) is -1.03. The second-order valence-corrected chi connectivity index (χ2v) is 4.09. The zero-order chi connectivity index (χ0) is 15.7. The third-order valence-electron chi connectivity index (χ3n) is 2.72. The first-order chi connectivity index (χ1) is 9.85. The normalized spacial score (nSPS) is 10.5. The van der Waals surface area contributed by atoms with E-state index in [4.69, 9.17) is 0 Å². The highest BCUT2D eigenvalue weighted by Gasteiger charge is 2.25. The van der Waals surface area contributed by atoms with Crippen molar-refractivity contribution < 1.29 is 18.1 Å². The summed E-state index contributed by atoms with van der Waals surface area (Å²) < 4.78 is 39.6. The maximum atomic E-state index is 13.3. The van der Waals surface area contributed by atoms with Gasteiger partial charge in [-0.15, -0.1) is 0 Å². The van der Waals surface area contributed by atoms with Gasteiger partial charge in [0.15, 0.2) is 23.1 Å². The molecule has 0 spiro atoms. The summed E-state index contributed by atoms with van der Waals surface area (Å²) in [5.74, 6) is -4.53. The van der Waals surface area contributed by atoms with Crippen molar-refractivity contribution in [2.24, 2.45) is 0 Å². The van der Waals surface area contributed by atoms with E-state index in [0.29, 0.717) is 12.1 Å². The lowest BCUT2D eigenvalue weighted by atomic mass is 10.1. The molecule has 2 aromatic rings. The first-order valence-corrected chi connectivity index (χ1v) is 5.70. The predicted octanol–water partition coefficient (Wildman–Crippen LogP) is 2.82. The van der Waals surface area contributed by atoms with Crippen LogP contribution in [0, 0.1) is 34.5 Å². The molecule has 2 rings (SSSR count). The van der Waals surface area contributed by atoms with Crippen LogP contribution in [0.15, 0.2) is 12.1 Å². The second-order valence-electron chi connectivity index (χ2n) is 4.09. The Kier molecular flexibility index (Phi) is 3.74. The molecule has 0 radical (unpaired) electrons. The molecule has 1 N–H and O–H groups in total. The third-order valence-corrected chi connectivity index (χ3v) is 2.72. The highest BCUT2D eigenvalue weighted by molar-refractivity contribution is 5.72. The molecule has 0 saturated carbocycles. The van der Waals surface area contributed by atoms with Crippen LogP contribution in [0.5, 0.6) is 0 Å². The van der Waals surface area contributed by atoms with Crippen LogP contribution in [0.4, 0.5) is 24.8 Å². The highest BCUT2D eigenvalue weighted by atomic mass is 19.2. The molecule has 0 aliphatic rings. The van der Waals surface area contributed by atoms with Crippen LogP contribution < -0.4 is 5.32 Å². The van der Waals surface area contributed by atoms with Crippen molar-refractivity contribution in [3.63, 3.8) is 0 Å². The van der Waals surface area contributed by atoms with Crippen molar-refractivity contribution in [1.82, 2.24) is 9.97 Å². The average molecular weight is 298 g/mol. The number of benzene rings is 1. The molecule has 21 heavy (non-hydrogen) atoms. The molecule has 0 atom stereocenters. The Labute approximate surface area is 116 Å². The molecule has 1 heterocycles. The maximum Gasteiger partial charge on any atom is 0.316 e. The minimum absolute atomic E-state index is 0.0134. The van der Waals surface area contributed by atoms with Gasteiger partial charge in [0.25, 0.3) is 0 Å². The Balaban J connectivity index is 2.78. The third kappa shape index (κ3) is 2.62. The van der Waals surface area contributed by atoms with Crippen molar-refractivity contribution >= 4 is 11.6 Å². The minimum atomic E-state index is -1.65. The second kappa shape index (κ2) is 5.35. The number of nitrogens with one attached hydrogen (secondary N) is 1. The van der Waals surface area contributed by atoms with Gasteiger partial charge in [0, 0.05) is 12.6 Å². The van der Waals surface area contributed by atoms with Gasteiger partial charge in [-0.1, -0.05) is 0 Å². The van der Waals surface area contributed by atoms with Crippen LogP contribution in [-0.2, 0) is 0 Å². The summed E-state index contributed by atoms with van der Waals surface area (Å²) in [6.07, 6.45) is 0. The lowest BCUT2D eigenvalue weighted by Crippen LogP contribution is -2.05. The standard InChI is InChI=1S/C12H9F3N4O2/c1-5-11(19(20)21)10(18-12(16-2)17-5)6-3-7(13)9(15)8(14)4-6/h3-4H,1-2H3,(H,16,17,18). The molecular weight excluding hydrogens is 289 g/mol. The molecule has 6 nitrogen and oxygen atoms in total.